The Balaban J connectivity index is 1.50. The van der Waals surface area contributed by atoms with Gasteiger partial charge in [-0.15, -0.1) is 0 Å². The monoisotopic (exact) mass is 439 g/mol. The van der Waals surface area contributed by atoms with E-state index in [0.717, 1.165) is 42.1 Å². The molecule has 0 fully saturated rings. The second-order valence-corrected chi connectivity index (χ2v) is 8.27. The second kappa shape index (κ2) is 9.30. The lowest BCUT2D eigenvalue weighted by Crippen LogP contribution is -2.29. The minimum absolute atomic E-state index is 0.0149. The molecule has 1 aliphatic heterocycles. The number of hydrogen-bond donors (Lipinski definition) is 0. The molecule has 0 saturated carbocycles. The molecular formula is C27H25N3O3. The zero-order valence-electron chi connectivity index (χ0n) is 18.2. The number of rotatable bonds is 6. The molecule has 0 amide bonds. The Labute approximate surface area is 192 Å². The predicted octanol–water partition coefficient (Wildman–Crippen LogP) is 6.18. The fourth-order valence-electron chi connectivity index (χ4n) is 4.57. The topological polar surface area (TPSA) is 60.5 Å². The predicted molar refractivity (Wildman–Crippen MR) is 127 cm³/mol. The maximum Gasteiger partial charge on any atom is 0.269 e. The second-order valence-electron chi connectivity index (χ2n) is 8.27. The highest BCUT2D eigenvalue weighted by atomic mass is 16.6. The fourth-order valence-corrected chi connectivity index (χ4v) is 4.57. The molecule has 0 N–H and O–H groups in total. The smallest absolute Gasteiger partial charge is 0.269 e. The van der Waals surface area contributed by atoms with Gasteiger partial charge in [0.15, 0.2) is 0 Å². The summed E-state index contributed by atoms with van der Waals surface area (Å²) in [6, 6.07) is 29.2. The minimum atomic E-state index is -0.334. The van der Waals surface area contributed by atoms with Crippen molar-refractivity contribution >= 4 is 5.69 Å². The van der Waals surface area contributed by atoms with Gasteiger partial charge in [0.1, 0.15) is 11.5 Å². The van der Waals surface area contributed by atoms with Gasteiger partial charge in [0.25, 0.3) is 5.69 Å². The van der Waals surface area contributed by atoms with Crippen LogP contribution in [0.25, 0.3) is 0 Å². The highest BCUT2D eigenvalue weighted by Crippen LogP contribution is 2.35. The van der Waals surface area contributed by atoms with Crippen molar-refractivity contribution in [1.29, 1.82) is 0 Å². The zero-order chi connectivity index (χ0) is 22.6. The molecule has 33 heavy (non-hydrogen) atoms. The van der Waals surface area contributed by atoms with Gasteiger partial charge in [-0.25, -0.2) is 0 Å². The number of para-hydroxylation sites is 1. The average Bonchev–Trinajstić information content (AvgIpc) is 3.21. The van der Waals surface area contributed by atoms with Gasteiger partial charge >= 0.3 is 0 Å². The van der Waals surface area contributed by atoms with E-state index in [-0.39, 0.29) is 16.7 Å². The summed E-state index contributed by atoms with van der Waals surface area (Å²) in [6.07, 6.45) is 3.14. The van der Waals surface area contributed by atoms with Crippen molar-refractivity contribution in [1.82, 2.24) is 9.47 Å². The summed E-state index contributed by atoms with van der Waals surface area (Å²) in [5.41, 5.74) is 3.41. The first-order valence-corrected chi connectivity index (χ1v) is 11.1. The van der Waals surface area contributed by atoms with E-state index in [1.165, 1.54) is 5.69 Å². The fraction of sp³-hybridized carbons (Fsp3) is 0.185. The first-order chi connectivity index (χ1) is 16.2. The van der Waals surface area contributed by atoms with Crippen LogP contribution in [0.3, 0.4) is 0 Å². The summed E-state index contributed by atoms with van der Waals surface area (Å²) in [5, 5.41) is 11.3. The number of nitrogens with zero attached hydrogens (tertiary/aromatic N) is 3. The summed E-state index contributed by atoms with van der Waals surface area (Å²) in [7, 11) is 0. The number of fused-ring (bicyclic) bond motifs is 1. The molecule has 2 heterocycles. The highest BCUT2D eigenvalue weighted by molar-refractivity contribution is 5.39. The molecular weight excluding hydrogens is 414 g/mol. The number of nitro groups is 1. The molecule has 0 saturated heterocycles. The Kier molecular flexibility index (Phi) is 5.91. The molecule has 5 rings (SSSR count). The molecule has 166 valence electrons. The van der Waals surface area contributed by atoms with Gasteiger partial charge in [0.2, 0.25) is 0 Å². The van der Waals surface area contributed by atoms with Crippen LogP contribution in [0.15, 0.2) is 97.2 Å². The van der Waals surface area contributed by atoms with E-state index in [1.54, 1.807) is 18.2 Å². The Morgan fingerprint density at radius 2 is 1.70 bits per heavy atom. The van der Waals surface area contributed by atoms with Crippen LogP contribution in [0.5, 0.6) is 11.5 Å². The largest absolute Gasteiger partial charge is 0.457 e. The van der Waals surface area contributed by atoms with Gasteiger partial charge in [-0.2, -0.15) is 0 Å². The molecule has 3 aromatic carbocycles. The van der Waals surface area contributed by atoms with E-state index < -0.39 is 0 Å². The molecule has 0 bridgehead atoms. The van der Waals surface area contributed by atoms with Crippen molar-refractivity contribution < 1.29 is 9.66 Å². The van der Waals surface area contributed by atoms with Crippen LogP contribution in [0.2, 0.25) is 0 Å². The normalized spacial score (nSPS) is 16.1. The van der Waals surface area contributed by atoms with Gasteiger partial charge in [0, 0.05) is 43.7 Å². The number of aromatic nitrogens is 1. The Hall–Kier alpha value is -3.90. The van der Waals surface area contributed by atoms with Gasteiger partial charge in [-0.05, 0) is 53.9 Å². The van der Waals surface area contributed by atoms with Crippen molar-refractivity contribution in [3.05, 3.63) is 124 Å². The first-order valence-electron chi connectivity index (χ1n) is 11.1. The standard InChI is InChI=1S/C27H25N3O3/c31-30(32)23-10-4-8-21(18-23)20-29-17-7-16-28-15-6-14-26(28)27(29)22-9-5-13-25(19-22)33-24-11-2-1-3-12-24/h1-6,8-15,18-19,27H,7,16-17,20H2/t27-/m0/s1. The molecule has 1 aliphatic rings. The molecule has 0 unspecified atom stereocenters. The molecule has 6 nitrogen and oxygen atoms in total. The van der Waals surface area contributed by atoms with Crippen molar-refractivity contribution in [2.75, 3.05) is 6.54 Å². The molecule has 0 aliphatic carbocycles. The minimum Gasteiger partial charge on any atom is -0.457 e. The van der Waals surface area contributed by atoms with Gasteiger partial charge in [-0.3, -0.25) is 15.0 Å². The number of hydrogen-bond acceptors (Lipinski definition) is 4. The highest BCUT2D eigenvalue weighted by Gasteiger charge is 2.28. The lowest BCUT2D eigenvalue weighted by Gasteiger charge is -2.31. The maximum atomic E-state index is 11.3. The number of non-ortho nitro benzene ring substituents is 1. The van der Waals surface area contributed by atoms with E-state index in [0.29, 0.717) is 6.54 Å². The summed E-state index contributed by atoms with van der Waals surface area (Å²) in [5.74, 6) is 1.59. The number of aryl methyl sites for hydroxylation is 1. The zero-order valence-corrected chi connectivity index (χ0v) is 18.2. The van der Waals surface area contributed by atoms with E-state index >= 15 is 0 Å². The Morgan fingerprint density at radius 1 is 0.879 bits per heavy atom. The molecule has 0 radical (unpaired) electrons. The molecule has 1 atom stereocenters. The van der Waals surface area contributed by atoms with Crippen LogP contribution in [0.4, 0.5) is 5.69 Å². The van der Waals surface area contributed by atoms with Crippen molar-refractivity contribution in [2.45, 2.75) is 25.6 Å². The maximum absolute atomic E-state index is 11.3. The third-order valence-electron chi connectivity index (χ3n) is 6.01. The lowest BCUT2D eigenvalue weighted by molar-refractivity contribution is -0.384. The quantitative estimate of drug-likeness (QED) is 0.266. The third-order valence-corrected chi connectivity index (χ3v) is 6.01. The van der Waals surface area contributed by atoms with Gasteiger partial charge in [0.05, 0.1) is 11.0 Å². The number of nitro benzene ring substituents is 1. The Morgan fingerprint density at radius 3 is 2.55 bits per heavy atom. The first kappa shape index (κ1) is 21.0. The molecule has 0 spiro atoms. The van der Waals surface area contributed by atoms with E-state index in [1.807, 2.05) is 48.5 Å². The lowest BCUT2D eigenvalue weighted by atomic mass is 10.0. The van der Waals surface area contributed by atoms with Crippen LogP contribution in [0, 0.1) is 10.1 Å². The third kappa shape index (κ3) is 4.66. The van der Waals surface area contributed by atoms with Crippen LogP contribution in [-0.2, 0) is 13.1 Å². The summed E-state index contributed by atoms with van der Waals surface area (Å²) < 4.78 is 8.41. The van der Waals surface area contributed by atoms with Crippen LogP contribution in [-0.4, -0.2) is 20.9 Å². The van der Waals surface area contributed by atoms with Crippen molar-refractivity contribution in [3.63, 3.8) is 0 Å². The van der Waals surface area contributed by atoms with E-state index in [2.05, 4.69) is 39.9 Å². The SMILES string of the molecule is O=[N+]([O-])c1cccc(CN2CCCn3cccc3[C@@H]2c2cccc(Oc3ccccc3)c2)c1. The molecule has 6 heteroatoms. The van der Waals surface area contributed by atoms with Gasteiger partial charge in [-0.1, -0.05) is 42.5 Å². The van der Waals surface area contributed by atoms with E-state index in [9.17, 15) is 10.1 Å². The molecule has 1 aromatic heterocycles. The van der Waals surface area contributed by atoms with Crippen LogP contribution >= 0.6 is 0 Å². The average molecular weight is 440 g/mol. The Bertz CT molecular complexity index is 1250. The van der Waals surface area contributed by atoms with Gasteiger partial charge < -0.3 is 9.30 Å². The summed E-state index contributed by atoms with van der Waals surface area (Å²) >= 11 is 0. The number of benzene rings is 3. The van der Waals surface area contributed by atoms with Crippen LogP contribution < -0.4 is 4.74 Å². The van der Waals surface area contributed by atoms with E-state index in [4.69, 9.17) is 4.74 Å². The summed E-state index contributed by atoms with van der Waals surface area (Å²) in [6.45, 7) is 2.46. The van der Waals surface area contributed by atoms with Crippen LogP contribution in [0.1, 0.15) is 29.3 Å². The summed E-state index contributed by atoms with van der Waals surface area (Å²) in [4.78, 5) is 13.3. The van der Waals surface area contributed by atoms with Crippen molar-refractivity contribution in [2.24, 2.45) is 0 Å². The molecule has 4 aromatic rings. The van der Waals surface area contributed by atoms with Crippen molar-refractivity contribution in [3.8, 4) is 11.5 Å². The number of ether oxygens (including phenoxy) is 1.